The third-order valence-electron chi connectivity index (χ3n) is 3.93. The Balaban J connectivity index is 2.12. The lowest BCUT2D eigenvalue weighted by Crippen LogP contribution is -2.15. The van der Waals surface area contributed by atoms with E-state index in [1.54, 1.807) is 26.4 Å². The van der Waals surface area contributed by atoms with Crippen molar-refractivity contribution in [3.8, 4) is 17.2 Å². The number of rotatable bonds is 6. The summed E-state index contributed by atoms with van der Waals surface area (Å²) in [6, 6.07) is 3.58. The molecule has 1 heterocycles. The number of thiophene rings is 1. The van der Waals surface area contributed by atoms with Gasteiger partial charge in [0.2, 0.25) is 0 Å². The molecule has 0 bridgehead atoms. The zero-order chi connectivity index (χ0) is 15.9. The second-order valence-electron chi connectivity index (χ2n) is 5.43. The molecule has 1 aliphatic carbocycles. The van der Waals surface area contributed by atoms with Crippen molar-refractivity contribution in [1.82, 2.24) is 0 Å². The summed E-state index contributed by atoms with van der Waals surface area (Å²) in [5, 5.41) is 10.2. The second-order valence-corrected chi connectivity index (χ2v) is 6.48. The molecule has 3 rings (SSSR count). The first-order valence-electron chi connectivity index (χ1n) is 7.13. The fraction of sp³-hybridized carbons (Fsp3) is 0.438. The summed E-state index contributed by atoms with van der Waals surface area (Å²) in [6.45, 7) is 1.99. The van der Waals surface area contributed by atoms with Crippen LogP contribution >= 0.6 is 11.3 Å². The molecule has 5 nitrogen and oxygen atoms in total. The van der Waals surface area contributed by atoms with Gasteiger partial charge in [-0.05, 0) is 31.7 Å². The summed E-state index contributed by atoms with van der Waals surface area (Å²) >= 11 is 1.19. The monoisotopic (exact) mass is 322 g/mol. The summed E-state index contributed by atoms with van der Waals surface area (Å²) in [5.74, 6) is 1.13. The minimum Gasteiger partial charge on any atom is -0.493 e. The number of hydrogen-bond donors (Lipinski definition) is 1. The summed E-state index contributed by atoms with van der Waals surface area (Å²) in [7, 11) is 3.11. The maximum Gasteiger partial charge on any atom is 0.349 e. The maximum absolute atomic E-state index is 11.5. The van der Waals surface area contributed by atoms with Crippen LogP contribution in [-0.4, -0.2) is 31.4 Å². The molecule has 0 spiro atoms. The summed E-state index contributed by atoms with van der Waals surface area (Å²) < 4.78 is 17.4. The fourth-order valence-corrected chi connectivity index (χ4v) is 3.49. The summed E-state index contributed by atoms with van der Waals surface area (Å²) in [5.41, 5.74) is 0. The molecule has 1 atom stereocenters. The Hall–Kier alpha value is -1.95. The molecule has 22 heavy (non-hydrogen) atoms. The molecule has 1 unspecified atom stereocenters. The van der Waals surface area contributed by atoms with Crippen molar-refractivity contribution < 1.29 is 24.1 Å². The molecule has 118 valence electrons. The van der Waals surface area contributed by atoms with E-state index in [1.165, 1.54) is 11.3 Å². The second kappa shape index (κ2) is 5.68. The van der Waals surface area contributed by atoms with E-state index in [4.69, 9.17) is 14.2 Å². The molecule has 1 aromatic carbocycles. The van der Waals surface area contributed by atoms with Gasteiger partial charge in [-0.1, -0.05) is 0 Å². The van der Waals surface area contributed by atoms with Gasteiger partial charge in [0.1, 0.15) is 0 Å². The van der Waals surface area contributed by atoms with Crippen molar-refractivity contribution in [2.45, 2.75) is 25.9 Å². The maximum atomic E-state index is 11.5. The number of carboxylic acid groups (broad SMARTS) is 1. The number of hydrogen-bond acceptors (Lipinski definition) is 5. The van der Waals surface area contributed by atoms with E-state index in [2.05, 4.69) is 0 Å². The van der Waals surface area contributed by atoms with Crippen LogP contribution in [0, 0.1) is 5.92 Å². The van der Waals surface area contributed by atoms with E-state index < -0.39 is 5.97 Å². The fourth-order valence-electron chi connectivity index (χ4n) is 2.51. The molecule has 1 fully saturated rings. The summed E-state index contributed by atoms with van der Waals surface area (Å²) in [4.78, 5) is 11.8. The highest BCUT2D eigenvalue weighted by Crippen LogP contribution is 2.45. The first-order chi connectivity index (χ1) is 10.5. The Labute approximate surface area is 132 Å². The highest BCUT2D eigenvalue weighted by Gasteiger charge is 2.32. The number of carbonyl (C=O) groups is 1. The van der Waals surface area contributed by atoms with Gasteiger partial charge < -0.3 is 19.3 Å². The normalized spacial score (nSPS) is 15.6. The lowest BCUT2D eigenvalue weighted by atomic mass is 10.2. The van der Waals surface area contributed by atoms with E-state index in [0.717, 1.165) is 22.9 Å². The number of aromatic carboxylic acids is 1. The van der Waals surface area contributed by atoms with Crippen LogP contribution in [0.1, 0.15) is 29.4 Å². The SMILES string of the molecule is COc1cc2sc(C(=O)O)c(OC(C)C3CC3)c2cc1OC. The smallest absolute Gasteiger partial charge is 0.349 e. The van der Waals surface area contributed by atoms with Crippen molar-refractivity contribution in [3.63, 3.8) is 0 Å². The molecule has 0 amide bonds. The first kappa shape index (κ1) is 15.0. The van der Waals surface area contributed by atoms with Crippen LogP contribution in [0.25, 0.3) is 10.1 Å². The average molecular weight is 322 g/mol. The minimum absolute atomic E-state index is 0.0176. The van der Waals surface area contributed by atoms with Gasteiger partial charge >= 0.3 is 5.97 Å². The molecule has 6 heteroatoms. The van der Waals surface area contributed by atoms with Gasteiger partial charge in [0.15, 0.2) is 22.1 Å². The van der Waals surface area contributed by atoms with Crippen molar-refractivity contribution in [3.05, 3.63) is 17.0 Å². The number of carboxylic acids is 1. The van der Waals surface area contributed by atoms with Gasteiger partial charge in [-0.3, -0.25) is 0 Å². The van der Waals surface area contributed by atoms with Crippen LogP contribution in [0.5, 0.6) is 17.2 Å². The Bertz CT molecular complexity index is 717. The number of fused-ring (bicyclic) bond motifs is 1. The Morgan fingerprint density at radius 2 is 1.91 bits per heavy atom. The number of methoxy groups -OCH3 is 2. The molecule has 1 N–H and O–H groups in total. The van der Waals surface area contributed by atoms with Gasteiger partial charge in [-0.15, -0.1) is 11.3 Å². The van der Waals surface area contributed by atoms with E-state index in [9.17, 15) is 9.90 Å². The average Bonchev–Trinajstić information content (AvgIpc) is 3.29. The van der Waals surface area contributed by atoms with Crippen LogP contribution < -0.4 is 14.2 Å². The Kier molecular flexibility index (Phi) is 3.87. The van der Waals surface area contributed by atoms with Gasteiger partial charge in [0.05, 0.1) is 20.3 Å². The standard InChI is InChI=1S/C16H18O5S/c1-8(9-4-5-9)21-14-10-6-11(19-2)12(20-3)7-13(10)22-15(14)16(17)18/h6-9H,4-5H2,1-3H3,(H,17,18). The topological polar surface area (TPSA) is 65.0 Å². The van der Waals surface area contributed by atoms with Crippen LogP contribution in [-0.2, 0) is 0 Å². The van der Waals surface area contributed by atoms with Crippen molar-refractivity contribution in [2.75, 3.05) is 14.2 Å². The lowest BCUT2D eigenvalue weighted by molar-refractivity contribution is 0.0695. The third-order valence-corrected chi connectivity index (χ3v) is 5.05. The van der Waals surface area contributed by atoms with Crippen LogP contribution in [0.15, 0.2) is 12.1 Å². The highest BCUT2D eigenvalue weighted by atomic mass is 32.1. The van der Waals surface area contributed by atoms with Gasteiger partial charge in [-0.2, -0.15) is 0 Å². The first-order valence-corrected chi connectivity index (χ1v) is 7.95. The third kappa shape index (κ3) is 2.59. The molecule has 0 saturated heterocycles. The van der Waals surface area contributed by atoms with Crippen LogP contribution in [0.3, 0.4) is 0 Å². The lowest BCUT2D eigenvalue weighted by Gasteiger charge is -2.14. The van der Waals surface area contributed by atoms with Gasteiger partial charge in [0.25, 0.3) is 0 Å². The van der Waals surface area contributed by atoms with Gasteiger partial charge in [0, 0.05) is 16.2 Å². The van der Waals surface area contributed by atoms with Crippen LogP contribution in [0.4, 0.5) is 0 Å². The van der Waals surface area contributed by atoms with E-state index in [-0.39, 0.29) is 11.0 Å². The van der Waals surface area contributed by atoms with Crippen molar-refractivity contribution >= 4 is 27.4 Å². The predicted octanol–water partition coefficient (Wildman–Crippen LogP) is 3.79. The minimum atomic E-state index is -0.975. The number of benzene rings is 1. The van der Waals surface area contributed by atoms with E-state index in [0.29, 0.717) is 23.2 Å². The van der Waals surface area contributed by atoms with Crippen LogP contribution in [0.2, 0.25) is 0 Å². The highest BCUT2D eigenvalue weighted by molar-refractivity contribution is 7.21. The molecular weight excluding hydrogens is 304 g/mol. The molecule has 1 aliphatic rings. The number of ether oxygens (including phenoxy) is 3. The molecule has 1 aromatic heterocycles. The summed E-state index contributed by atoms with van der Waals surface area (Å²) in [6.07, 6.45) is 2.30. The van der Waals surface area contributed by atoms with E-state index in [1.807, 2.05) is 6.92 Å². The molecular formula is C16H18O5S. The van der Waals surface area contributed by atoms with Crippen molar-refractivity contribution in [1.29, 1.82) is 0 Å². The molecule has 0 radical (unpaired) electrons. The molecule has 0 aliphatic heterocycles. The zero-order valence-corrected chi connectivity index (χ0v) is 13.5. The largest absolute Gasteiger partial charge is 0.493 e. The van der Waals surface area contributed by atoms with Gasteiger partial charge in [-0.25, -0.2) is 4.79 Å². The van der Waals surface area contributed by atoms with E-state index >= 15 is 0 Å². The predicted molar refractivity (Wildman–Crippen MR) is 84.7 cm³/mol. The Morgan fingerprint density at radius 3 is 2.45 bits per heavy atom. The van der Waals surface area contributed by atoms with Crippen molar-refractivity contribution in [2.24, 2.45) is 5.92 Å². The Morgan fingerprint density at radius 1 is 1.27 bits per heavy atom. The molecule has 1 saturated carbocycles. The molecule has 2 aromatic rings. The zero-order valence-electron chi connectivity index (χ0n) is 12.7. The quantitative estimate of drug-likeness (QED) is 0.876.